The van der Waals surface area contributed by atoms with E-state index in [-0.39, 0.29) is 11.0 Å². The Morgan fingerprint density at radius 1 is 1.14 bits per heavy atom. The van der Waals surface area contributed by atoms with Gasteiger partial charge < -0.3 is 14.2 Å². The molecule has 0 N–H and O–H groups in total. The van der Waals surface area contributed by atoms with E-state index in [9.17, 15) is 14.4 Å². The fourth-order valence-corrected chi connectivity index (χ4v) is 4.40. The highest BCUT2D eigenvalue weighted by atomic mass is 32.2. The van der Waals surface area contributed by atoms with E-state index in [2.05, 4.69) is 6.58 Å². The van der Waals surface area contributed by atoms with Crippen LogP contribution in [0.1, 0.15) is 43.0 Å². The molecule has 2 aromatic carbocycles. The topological polar surface area (TPSA) is 82.1 Å². The fraction of sp³-hybridized carbons (Fsp3) is 0.321. The summed E-state index contributed by atoms with van der Waals surface area (Å²) >= 11 is 0.787. The van der Waals surface area contributed by atoms with Gasteiger partial charge in [-0.2, -0.15) is 0 Å². The summed E-state index contributed by atoms with van der Waals surface area (Å²) in [6, 6.07) is 11.8. The summed E-state index contributed by atoms with van der Waals surface area (Å²) in [5.74, 6) is -0.0156. The number of amides is 2. The van der Waals surface area contributed by atoms with Crippen molar-refractivity contribution >= 4 is 35.0 Å². The molecule has 1 aliphatic heterocycles. The van der Waals surface area contributed by atoms with Gasteiger partial charge in [0.05, 0.1) is 17.6 Å². The van der Waals surface area contributed by atoms with Gasteiger partial charge in [0, 0.05) is 5.56 Å². The fourth-order valence-electron chi connectivity index (χ4n) is 3.56. The molecule has 1 heterocycles. The van der Waals surface area contributed by atoms with Gasteiger partial charge in [0.25, 0.3) is 11.1 Å². The largest absolute Gasteiger partial charge is 0.490 e. The van der Waals surface area contributed by atoms with Crippen LogP contribution in [-0.2, 0) is 27.4 Å². The zero-order chi connectivity index (χ0) is 26.2. The standard InChI is InChI=1S/C28H31NO6S/c1-6-8-22-13-21(15-24-27(31)29(28(32)36-24)16-25(30)35-18(3)4)14-23(33-7-2)26(22)34-17-20-11-9-19(5)10-12-20/h6,9-15,18H,1,7-8,16-17H2,2-5H3/b24-15+. The Labute approximate surface area is 216 Å². The van der Waals surface area contributed by atoms with E-state index in [0.29, 0.717) is 36.7 Å². The summed E-state index contributed by atoms with van der Waals surface area (Å²) in [5, 5.41) is -0.513. The second kappa shape index (κ2) is 12.4. The number of benzene rings is 2. The van der Waals surface area contributed by atoms with Gasteiger partial charge in [-0.1, -0.05) is 35.9 Å². The van der Waals surface area contributed by atoms with Crippen LogP contribution in [0.25, 0.3) is 6.08 Å². The molecule has 0 aromatic heterocycles. The van der Waals surface area contributed by atoms with Gasteiger partial charge in [-0.3, -0.25) is 19.3 Å². The maximum Gasteiger partial charge on any atom is 0.326 e. The van der Waals surface area contributed by atoms with Gasteiger partial charge in [0.15, 0.2) is 11.5 Å². The maximum absolute atomic E-state index is 12.8. The van der Waals surface area contributed by atoms with Crippen LogP contribution in [-0.4, -0.2) is 41.3 Å². The van der Waals surface area contributed by atoms with Crippen molar-refractivity contribution in [1.82, 2.24) is 4.90 Å². The summed E-state index contributed by atoms with van der Waals surface area (Å²) in [5.41, 5.74) is 3.72. The number of imide groups is 1. The normalized spacial score (nSPS) is 14.5. The number of hydrogen-bond donors (Lipinski definition) is 0. The molecule has 0 aliphatic carbocycles. The molecule has 0 spiro atoms. The number of hydrogen-bond acceptors (Lipinski definition) is 7. The van der Waals surface area contributed by atoms with Gasteiger partial charge >= 0.3 is 5.97 Å². The number of nitrogens with zero attached hydrogens (tertiary/aromatic N) is 1. The van der Waals surface area contributed by atoms with E-state index in [1.54, 1.807) is 32.1 Å². The molecule has 1 aliphatic rings. The predicted octanol–water partition coefficient (Wildman–Crippen LogP) is 5.69. The molecule has 8 heteroatoms. The smallest absolute Gasteiger partial charge is 0.326 e. The Kier molecular flexibility index (Phi) is 9.36. The Morgan fingerprint density at radius 2 is 1.86 bits per heavy atom. The quantitative estimate of drug-likeness (QED) is 0.219. The highest BCUT2D eigenvalue weighted by Gasteiger charge is 2.37. The molecule has 2 aromatic rings. The lowest BCUT2D eigenvalue weighted by molar-refractivity contribution is -0.149. The molecule has 36 heavy (non-hydrogen) atoms. The highest BCUT2D eigenvalue weighted by Crippen LogP contribution is 2.37. The zero-order valence-corrected chi connectivity index (χ0v) is 21.9. The van der Waals surface area contributed by atoms with Crippen molar-refractivity contribution in [3.05, 3.63) is 76.2 Å². The number of rotatable bonds is 11. The lowest BCUT2D eigenvalue weighted by Crippen LogP contribution is -2.35. The zero-order valence-electron chi connectivity index (χ0n) is 21.0. The number of thioether (sulfide) groups is 1. The molecule has 0 atom stereocenters. The van der Waals surface area contributed by atoms with Crippen LogP contribution in [0.5, 0.6) is 11.5 Å². The molecule has 0 bridgehead atoms. The monoisotopic (exact) mass is 509 g/mol. The molecule has 190 valence electrons. The summed E-state index contributed by atoms with van der Waals surface area (Å²) in [4.78, 5) is 38.3. The van der Waals surface area contributed by atoms with E-state index in [1.165, 1.54) is 5.56 Å². The van der Waals surface area contributed by atoms with Gasteiger partial charge in [-0.15, -0.1) is 6.58 Å². The van der Waals surface area contributed by atoms with Crippen molar-refractivity contribution < 1.29 is 28.6 Å². The van der Waals surface area contributed by atoms with Crippen molar-refractivity contribution in [2.75, 3.05) is 13.2 Å². The maximum atomic E-state index is 12.8. The number of ether oxygens (including phenoxy) is 3. The molecule has 7 nitrogen and oxygen atoms in total. The van der Waals surface area contributed by atoms with E-state index >= 15 is 0 Å². The van der Waals surface area contributed by atoms with Gasteiger partial charge in [0.1, 0.15) is 13.2 Å². The van der Waals surface area contributed by atoms with Crippen LogP contribution in [0.4, 0.5) is 4.79 Å². The summed E-state index contributed by atoms with van der Waals surface area (Å²) in [6.45, 7) is 11.5. The van der Waals surface area contributed by atoms with Crippen molar-refractivity contribution in [3.8, 4) is 11.5 Å². The summed E-state index contributed by atoms with van der Waals surface area (Å²) < 4.78 is 17.1. The molecular weight excluding hydrogens is 478 g/mol. The van der Waals surface area contributed by atoms with Crippen LogP contribution in [0.3, 0.4) is 0 Å². The Balaban J connectivity index is 1.88. The van der Waals surface area contributed by atoms with Gasteiger partial charge in [0.2, 0.25) is 0 Å². The van der Waals surface area contributed by atoms with E-state index in [1.807, 2.05) is 44.2 Å². The predicted molar refractivity (Wildman–Crippen MR) is 141 cm³/mol. The third-order valence-corrected chi connectivity index (χ3v) is 6.06. The minimum Gasteiger partial charge on any atom is -0.490 e. The lowest BCUT2D eigenvalue weighted by Gasteiger charge is -2.17. The molecule has 2 amide bonds. The minimum atomic E-state index is -0.629. The summed E-state index contributed by atoms with van der Waals surface area (Å²) in [6.07, 6.45) is 3.58. The number of aryl methyl sites for hydroxylation is 1. The molecule has 1 saturated heterocycles. The molecule has 3 rings (SSSR count). The van der Waals surface area contributed by atoms with Crippen molar-refractivity contribution in [2.45, 2.75) is 46.8 Å². The average Bonchev–Trinajstić information content (AvgIpc) is 3.07. The second-order valence-corrected chi connectivity index (χ2v) is 9.51. The first-order chi connectivity index (χ1) is 17.2. The lowest BCUT2D eigenvalue weighted by atomic mass is 10.0. The Morgan fingerprint density at radius 3 is 2.50 bits per heavy atom. The highest BCUT2D eigenvalue weighted by molar-refractivity contribution is 8.18. The van der Waals surface area contributed by atoms with Gasteiger partial charge in [-0.25, -0.2) is 0 Å². The van der Waals surface area contributed by atoms with Crippen LogP contribution < -0.4 is 9.47 Å². The first-order valence-electron chi connectivity index (χ1n) is 11.8. The van der Waals surface area contributed by atoms with E-state index < -0.39 is 23.7 Å². The third-order valence-electron chi connectivity index (χ3n) is 5.15. The summed E-state index contributed by atoms with van der Waals surface area (Å²) in [7, 11) is 0. The second-order valence-electron chi connectivity index (χ2n) is 8.51. The van der Waals surface area contributed by atoms with Crippen LogP contribution in [0.2, 0.25) is 0 Å². The number of esters is 1. The number of carbonyl (C=O) groups excluding carboxylic acids is 3. The molecule has 0 radical (unpaired) electrons. The van der Waals surface area contributed by atoms with E-state index in [0.717, 1.165) is 27.8 Å². The van der Waals surface area contributed by atoms with Crippen LogP contribution in [0.15, 0.2) is 54.0 Å². The third kappa shape index (κ3) is 7.01. The average molecular weight is 510 g/mol. The first-order valence-corrected chi connectivity index (χ1v) is 12.6. The number of carbonyl (C=O) groups is 3. The van der Waals surface area contributed by atoms with Gasteiger partial charge in [-0.05, 0) is 75.2 Å². The molecule has 0 unspecified atom stereocenters. The van der Waals surface area contributed by atoms with Crippen molar-refractivity contribution in [2.24, 2.45) is 0 Å². The molecule has 1 fully saturated rings. The number of allylic oxidation sites excluding steroid dienone is 1. The van der Waals surface area contributed by atoms with Crippen molar-refractivity contribution in [1.29, 1.82) is 0 Å². The van der Waals surface area contributed by atoms with Crippen molar-refractivity contribution in [3.63, 3.8) is 0 Å². The molecular formula is C28H31NO6S. The minimum absolute atomic E-state index is 0.220. The van der Waals surface area contributed by atoms with Crippen LogP contribution >= 0.6 is 11.8 Å². The first kappa shape index (κ1) is 27.1. The SMILES string of the molecule is C=CCc1cc(/C=C2/SC(=O)N(CC(=O)OC(C)C)C2=O)cc(OCC)c1OCc1ccc(C)cc1. The Bertz CT molecular complexity index is 1170. The molecule has 0 saturated carbocycles. The van der Waals surface area contributed by atoms with E-state index in [4.69, 9.17) is 14.2 Å². The Hall–Kier alpha value is -3.52. The van der Waals surface area contributed by atoms with Crippen LogP contribution in [0, 0.1) is 6.92 Å².